The quantitative estimate of drug-likeness (QED) is 0.838. The van der Waals surface area contributed by atoms with E-state index in [4.69, 9.17) is 4.74 Å². The number of alkyl halides is 1. The lowest BCUT2D eigenvalue weighted by Gasteiger charge is -2.34. The van der Waals surface area contributed by atoms with Gasteiger partial charge in [0.15, 0.2) is 0 Å². The summed E-state index contributed by atoms with van der Waals surface area (Å²) in [6, 6.07) is 0. The van der Waals surface area contributed by atoms with Gasteiger partial charge in [0.1, 0.15) is 5.67 Å². The fourth-order valence-corrected chi connectivity index (χ4v) is 4.40. The first kappa shape index (κ1) is 15.3. The minimum absolute atomic E-state index is 0.0711. The van der Waals surface area contributed by atoms with Crippen LogP contribution in [-0.2, 0) is 9.53 Å². The average Bonchev–Trinajstić information content (AvgIpc) is 2.95. The molecular formula is C18H25FN2O2. The van der Waals surface area contributed by atoms with Crippen molar-refractivity contribution >= 4 is 5.91 Å². The highest BCUT2D eigenvalue weighted by Crippen LogP contribution is 2.51. The van der Waals surface area contributed by atoms with E-state index in [1.165, 1.54) is 0 Å². The fraction of sp³-hybridized carbons (Fsp3) is 0.722. The number of ether oxygens (including phenoxy) is 1. The van der Waals surface area contributed by atoms with E-state index in [9.17, 15) is 9.18 Å². The van der Waals surface area contributed by atoms with Gasteiger partial charge in [-0.3, -0.25) is 9.69 Å². The third kappa shape index (κ3) is 3.22. The van der Waals surface area contributed by atoms with E-state index in [2.05, 4.69) is 10.2 Å². The van der Waals surface area contributed by atoms with Crippen molar-refractivity contribution in [2.75, 3.05) is 39.4 Å². The Labute approximate surface area is 136 Å². The molecule has 2 aliphatic carbocycles. The number of carbonyl (C=O) groups excluding carboxylic acids is 1. The molecule has 1 N–H and O–H groups in total. The van der Waals surface area contributed by atoms with Gasteiger partial charge in [-0.1, -0.05) is 18.2 Å². The van der Waals surface area contributed by atoms with Gasteiger partial charge in [-0.05, 0) is 24.2 Å². The number of nitrogens with zero attached hydrogens (tertiary/aromatic N) is 1. The first-order valence-electron chi connectivity index (χ1n) is 8.78. The molecule has 0 spiro atoms. The molecule has 126 valence electrons. The van der Waals surface area contributed by atoms with E-state index in [1.54, 1.807) is 0 Å². The van der Waals surface area contributed by atoms with Crippen LogP contribution in [0.3, 0.4) is 0 Å². The molecule has 4 rings (SSSR count). The van der Waals surface area contributed by atoms with Gasteiger partial charge in [0.05, 0.1) is 0 Å². The van der Waals surface area contributed by atoms with Crippen LogP contribution in [0.25, 0.3) is 0 Å². The topological polar surface area (TPSA) is 41.6 Å². The number of hydrogen-bond acceptors (Lipinski definition) is 3. The van der Waals surface area contributed by atoms with Crippen LogP contribution in [0.2, 0.25) is 0 Å². The molecule has 0 bridgehead atoms. The first-order valence-corrected chi connectivity index (χ1v) is 8.78. The monoisotopic (exact) mass is 320 g/mol. The van der Waals surface area contributed by atoms with Gasteiger partial charge in [-0.25, -0.2) is 4.39 Å². The maximum atomic E-state index is 14.7. The second-order valence-corrected chi connectivity index (χ2v) is 7.48. The number of amides is 1. The SMILES string of the molecule is O=C(NCC1C2CN(CC3(F)CCOCC3)CC12)C1=CC=CC1. The Morgan fingerprint density at radius 3 is 2.74 bits per heavy atom. The van der Waals surface area contributed by atoms with E-state index in [1.807, 2.05) is 18.2 Å². The molecule has 0 aromatic carbocycles. The van der Waals surface area contributed by atoms with Gasteiger partial charge in [0.2, 0.25) is 5.91 Å². The number of piperidine rings is 1. The van der Waals surface area contributed by atoms with Crippen LogP contribution in [-0.4, -0.2) is 55.9 Å². The summed E-state index contributed by atoms with van der Waals surface area (Å²) in [6.07, 6.45) is 7.63. The molecule has 4 aliphatic rings. The van der Waals surface area contributed by atoms with Crippen LogP contribution in [0.15, 0.2) is 23.8 Å². The van der Waals surface area contributed by atoms with Gasteiger partial charge in [-0.2, -0.15) is 0 Å². The van der Waals surface area contributed by atoms with Crippen molar-refractivity contribution < 1.29 is 13.9 Å². The van der Waals surface area contributed by atoms with Gasteiger partial charge in [0, 0.05) is 57.8 Å². The first-order chi connectivity index (χ1) is 11.1. The highest BCUT2D eigenvalue weighted by Gasteiger charge is 2.56. The molecule has 2 heterocycles. The van der Waals surface area contributed by atoms with Crippen LogP contribution in [0.1, 0.15) is 19.3 Å². The standard InChI is InChI=1S/C18H25FN2O2/c19-18(5-7-23-8-6-18)12-21-10-15-14(16(15)11-21)9-20-17(22)13-3-1-2-4-13/h1-3,14-16H,4-12H2,(H,20,22). The molecule has 1 saturated carbocycles. The normalized spacial score (nSPS) is 35.0. The van der Waals surface area contributed by atoms with E-state index < -0.39 is 5.67 Å². The maximum absolute atomic E-state index is 14.7. The molecule has 5 heteroatoms. The molecule has 0 aromatic heterocycles. The van der Waals surface area contributed by atoms with Crippen LogP contribution >= 0.6 is 0 Å². The molecule has 2 atom stereocenters. The molecular weight excluding hydrogens is 295 g/mol. The number of carbonyl (C=O) groups is 1. The lowest BCUT2D eigenvalue weighted by molar-refractivity contribution is -0.117. The van der Waals surface area contributed by atoms with Gasteiger partial charge in [0.25, 0.3) is 0 Å². The summed E-state index contributed by atoms with van der Waals surface area (Å²) in [5.74, 6) is 1.96. The van der Waals surface area contributed by atoms with E-state index in [0.717, 1.165) is 31.6 Å². The van der Waals surface area contributed by atoms with Crippen LogP contribution in [0.5, 0.6) is 0 Å². The summed E-state index contributed by atoms with van der Waals surface area (Å²) in [6.45, 7) is 4.41. The van der Waals surface area contributed by atoms with Gasteiger partial charge < -0.3 is 10.1 Å². The summed E-state index contributed by atoms with van der Waals surface area (Å²) in [5, 5.41) is 3.06. The van der Waals surface area contributed by atoms with Crippen molar-refractivity contribution in [3.63, 3.8) is 0 Å². The predicted molar refractivity (Wildman–Crippen MR) is 85.7 cm³/mol. The highest BCUT2D eigenvalue weighted by atomic mass is 19.1. The average molecular weight is 320 g/mol. The minimum atomic E-state index is -1.05. The number of fused-ring (bicyclic) bond motifs is 1. The maximum Gasteiger partial charge on any atom is 0.247 e. The predicted octanol–water partition coefficient (Wildman–Crippen LogP) is 1.69. The molecule has 3 fully saturated rings. The molecule has 23 heavy (non-hydrogen) atoms. The number of allylic oxidation sites excluding steroid dienone is 3. The number of likely N-dealkylation sites (tertiary alicyclic amines) is 1. The Bertz CT molecular complexity index is 527. The van der Waals surface area contributed by atoms with Crippen molar-refractivity contribution in [3.05, 3.63) is 23.8 Å². The number of nitrogens with one attached hydrogen (secondary N) is 1. The summed E-state index contributed by atoms with van der Waals surface area (Å²) in [7, 11) is 0. The summed E-state index contributed by atoms with van der Waals surface area (Å²) in [5.41, 5.74) is -0.197. The van der Waals surface area contributed by atoms with Crippen LogP contribution < -0.4 is 5.32 Å². The largest absolute Gasteiger partial charge is 0.381 e. The Kier molecular flexibility index (Phi) is 4.01. The summed E-state index contributed by atoms with van der Waals surface area (Å²) < 4.78 is 20.0. The Hall–Kier alpha value is -1.20. The van der Waals surface area contributed by atoms with Crippen molar-refractivity contribution in [2.24, 2.45) is 17.8 Å². The van der Waals surface area contributed by atoms with Crippen LogP contribution in [0, 0.1) is 17.8 Å². The van der Waals surface area contributed by atoms with Crippen molar-refractivity contribution in [1.82, 2.24) is 10.2 Å². The van der Waals surface area contributed by atoms with Crippen molar-refractivity contribution in [2.45, 2.75) is 24.9 Å². The Balaban J connectivity index is 1.19. The molecule has 2 saturated heterocycles. The van der Waals surface area contributed by atoms with Gasteiger partial charge in [-0.15, -0.1) is 0 Å². The van der Waals surface area contributed by atoms with E-state index in [-0.39, 0.29) is 5.91 Å². The zero-order valence-electron chi connectivity index (χ0n) is 13.5. The minimum Gasteiger partial charge on any atom is -0.381 e. The molecule has 2 aliphatic heterocycles. The van der Waals surface area contributed by atoms with Crippen LogP contribution in [0.4, 0.5) is 4.39 Å². The molecule has 0 aromatic rings. The third-order valence-corrected chi connectivity index (χ3v) is 5.90. The molecule has 0 radical (unpaired) electrons. The number of halogens is 1. The number of rotatable bonds is 5. The molecule has 1 amide bonds. The third-order valence-electron chi connectivity index (χ3n) is 5.90. The molecule has 2 unspecified atom stereocenters. The Morgan fingerprint density at radius 2 is 2.09 bits per heavy atom. The number of hydrogen-bond donors (Lipinski definition) is 1. The summed E-state index contributed by atoms with van der Waals surface area (Å²) >= 11 is 0. The van der Waals surface area contributed by atoms with Crippen molar-refractivity contribution in [3.8, 4) is 0 Å². The molecule has 4 nitrogen and oxygen atoms in total. The smallest absolute Gasteiger partial charge is 0.247 e. The highest BCUT2D eigenvalue weighted by molar-refractivity contribution is 5.94. The zero-order valence-corrected chi connectivity index (χ0v) is 13.5. The summed E-state index contributed by atoms with van der Waals surface area (Å²) in [4.78, 5) is 14.3. The second-order valence-electron chi connectivity index (χ2n) is 7.48. The lowest BCUT2D eigenvalue weighted by Crippen LogP contribution is -2.44. The van der Waals surface area contributed by atoms with E-state index >= 15 is 0 Å². The zero-order chi connectivity index (χ0) is 15.9. The van der Waals surface area contributed by atoms with E-state index in [0.29, 0.717) is 50.4 Å². The van der Waals surface area contributed by atoms with Gasteiger partial charge >= 0.3 is 0 Å². The van der Waals surface area contributed by atoms with Crippen molar-refractivity contribution in [1.29, 1.82) is 0 Å². The lowest BCUT2D eigenvalue weighted by atomic mass is 9.96. The Morgan fingerprint density at radius 1 is 1.35 bits per heavy atom. The second kappa shape index (κ2) is 6.02. The fourth-order valence-electron chi connectivity index (χ4n) is 4.40.